The first kappa shape index (κ1) is 15.8. The Bertz CT molecular complexity index is 513. The van der Waals surface area contributed by atoms with E-state index in [-0.39, 0.29) is 5.91 Å². The predicted octanol–water partition coefficient (Wildman–Crippen LogP) is 3.56. The van der Waals surface area contributed by atoms with Gasteiger partial charge >= 0.3 is 0 Å². The van der Waals surface area contributed by atoms with E-state index >= 15 is 0 Å². The maximum atomic E-state index is 12.5. The molecule has 114 valence electrons. The van der Waals surface area contributed by atoms with Gasteiger partial charge in [-0.1, -0.05) is 30.9 Å². The van der Waals surface area contributed by atoms with Crippen molar-refractivity contribution in [1.82, 2.24) is 4.90 Å². The topological polar surface area (TPSA) is 49.4 Å². The smallest absolute Gasteiger partial charge is 0.255 e. The lowest BCUT2D eigenvalue weighted by Gasteiger charge is -2.27. The molecule has 4 nitrogen and oxygen atoms in total. The molecule has 0 aliphatic heterocycles. The molecular formula is C16H21ClN2O2. The number of halogens is 1. The van der Waals surface area contributed by atoms with E-state index < -0.39 is 0 Å². The molecule has 0 saturated heterocycles. The zero-order chi connectivity index (χ0) is 15.2. The van der Waals surface area contributed by atoms with Gasteiger partial charge in [0.15, 0.2) is 0 Å². The third kappa shape index (κ3) is 4.21. The molecular weight excluding hydrogens is 288 g/mol. The van der Waals surface area contributed by atoms with Crippen molar-refractivity contribution in [3.63, 3.8) is 0 Å². The second-order valence-electron chi connectivity index (χ2n) is 5.65. The summed E-state index contributed by atoms with van der Waals surface area (Å²) in [4.78, 5) is 24.6. The van der Waals surface area contributed by atoms with Gasteiger partial charge in [-0.3, -0.25) is 9.59 Å². The van der Waals surface area contributed by atoms with Crippen molar-refractivity contribution >= 4 is 29.6 Å². The Hall–Kier alpha value is -1.55. The third-order valence-corrected chi connectivity index (χ3v) is 4.34. The van der Waals surface area contributed by atoms with E-state index in [0.29, 0.717) is 28.6 Å². The monoisotopic (exact) mass is 308 g/mol. The van der Waals surface area contributed by atoms with E-state index in [4.69, 9.17) is 11.6 Å². The van der Waals surface area contributed by atoms with Crippen LogP contribution < -0.4 is 5.32 Å². The fourth-order valence-electron chi connectivity index (χ4n) is 2.89. The SMILES string of the molecule is CN(CC1CCCCC1)C(=O)c1ccc(NC=O)cc1Cl. The van der Waals surface area contributed by atoms with E-state index in [1.807, 2.05) is 7.05 Å². The van der Waals surface area contributed by atoms with Gasteiger partial charge < -0.3 is 10.2 Å². The second kappa shape index (κ2) is 7.46. The highest BCUT2D eigenvalue weighted by Crippen LogP contribution is 2.26. The average Bonchev–Trinajstić information content (AvgIpc) is 2.48. The lowest BCUT2D eigenvalue weighted by molar-refractivity contribution is -0.105. The van der Waals surface area contributed by atoms with Crippen molar-refractivity contribution in [3.8, 4) is 0 Å². The molecule has 0 unspecified atom stereocenters. The second-order valence-corrected chi connectivity index (χ2v) is 6.05. The lowest BCUT2D eigenvalue weighted by Crippen LogP contribution is -2.32. The highest BCUT2D eigenvalue weighted by atomic mass is 35.5. The summed E-state index contributed by atoms with van der Waals surface area (Å²) in [6.45, 7) is 0.781. The number of benzene rings is 1. The summed E-state index contributed by atoms with van der Waals surface area (Å²) in [5.41, 5.74) is 1.06. The number of rotatable bonds is 5. The zero-order valence-electron chi connectivity index (χ0n) is 12.3. The highest BCUT2D eigenvalue weighted by Gasteiger charge is 2.20. The first-order valence-corrected chi connectivity index (χ1v) is 7.75. The Labute approximate surface area is 130 Å². The first-order chi connectivity index (χ1) is 10.1. The lowest BCUT2D eigenvalue weighted by atomic mass is 9.89. The third-order valence-electron chi connectivity index (χ3n) is 4.03. The summed E-state index contributed by atoms with van der Waals surface area (Å²) in [6, 6.07) is 4.94. The molecule has 0 spiro atoms. The van der Waals surface area contributed by atoms with Crippen LogP contribution in [0.2, 0.25) is 5.02 Å². The average molecular weight is 309 g/mol. The normalized spacial score (nSPS) is 15.5. The Morgan fingerprint density at radius 1 is 1.38 bits per heavy atom. The summed E-state index contributed by atoms with van der Waals surface area (Å²) in [7, 11) is 1.82. The van der Waals surface area contributed by atoms with Gasteiger partial charge in [-0.05, 0) is 37.0 Å². The van der Waals surface area contributed by atoms with E-state index in [9.17, 15) is 9.59 Å². The minimum Gasteiger partial charge on any atom is -0.341 e. The van der Waals surface area contributed by atoms with Crippen LogP contribution in [0, 0.1) is 5.92 Å². The number of amides is 2. The number of carbonyl (C=O) groups is 2. The molecule has 1 aromatic carbocycles. The van der Waals surface area contributed by atoms with Gasteiger partial charge in [0.1, 0.15) is 0 Å². The molecule has 2 rings (SSSR count). The minimum absolute atomic E-state index is 0.0665. The number of nitrogens with one attached hydrogen (secondary N) is 1. The summed E-state index contributed by atoms with van der Waals surface area (Å²) in [6.07, 6.45) is 6.83. The van der Waals surface area contributed by atoms with Crippen molar-refractivity contribution in [2.24, 2.45) is 5.92 Å². The minimum atomic E-state index is -0.0665. The van der Waals surface area contributed by atoms with E-state index in [0.717, 1.165) is 6.54 Å². The van der Waals surface area contributed by atoms with Gasteiger partial charge in [-0.25, -0.2) is 0 Å². The molecule has 1 saturated carbocycles. The molecule has 0 aromatic heterocycles. The molecule has 1 fully saturated rings. The van der Waals surface area contributed by atoms with Crippen LogP contribution in [0.5, 0.6) is 0 Å². The van der Waals surface area contributed by atoms with Gasteiger partial charge in [0.2, 0.25) is 6.41 Å². The Morgan fingerprint density at radius 2 is 2.10 bits per heavy atom. The van der Waals surface area contributed by atoms with Gasteiger partial charge in [-0.2, -0.15) is 0 Å². The Balaban J connectivity index is 2.02. The fourth-order valence-corrected chi connectivity index (χ4v) is 3.15. The highest BCUT2D eigenvalue weighted by molar-refractivity contribution is 6.34. The van der Waals surface area contributed by atoms with Crippen LogP contribution in [0.15, 0.2) is 18.2 Å². The summed E-state index contributed by atoms with van der Waals surface area (Å²) in [5.74, 6) is 0.533. The molecule has 0 heterocycles. The van der Waals surface area contributed by atoms with Crippen molar-refractivity contribution < 1.29 is 9.59 Å². The Morgan fingerprint density at radius 3 is 2.71 bits per heavy atom. The largest absolute Gasteiger partial charge is 0.341 e. The predicted molar refractivity (Wildman–Crippen MR) is 84.7 cm³/mol. The van der Waals surface area contributed by atoms with Crippen LogP contribution in [0.25, 0.3) is 0 Å². The molecule has 1 N–H and O–H groups in total. The van der Waals surface area contributed by atoms with Crippen LogP contribution in [-0.4, -0.2) is 30.8 Å². The van der Waals surface area contributed by atoms with Gasteiger partial charge in [0.25, 0.3) is 5.91 Å². The maximum absolute atomic E-state index is 12.5. The molecule has 0 radical (unpaired) electrons. The van der Waals surface area contributed by atoms with Crippen molar-refractivity contribution in [3.05, 3.63) is 28.8 Å². The first-order valence-electron chi connectivity index (χ1n) is 7.37. The number of hydrogen-bond donors (Lipinski definition) is 1. The van der Waals surface area contributed by atoms with Gasteiger partial charge in [-0.15, -0.1) is 0 Å². The van der Waals surface area contributed by atoms with Crippen molar-refractivity contribution in [1.29, 1.82) is 0 Å². The van der Waals surface area contributed by atoms with E-state index in [1.165, 1.54) is 32.1 Å². The van der Waals surface area contributed by atoms with Crippen LogP contribution in [0.4, 0.5) is 5.69 Å². The fraction of sp³-hybridized carbons (Fsp3) is 0.500. The van der Waals surface area contributed by atoms with Crippen LogP contribution in [0.3, 0.4) is 0 Å². The van der Waals surface area contributed by atoms with E-state index in [1.54, 1.807) is 23.1 Å². The molecule has 0 atom stereocenters. The summed E-state index contributed by atoms with van der Waals surface area (Å²) < 4.78 is 0. The van der Waals surface area contributed by atoms with E-state index in [2.05, 4.69) is 5.32 Å². The quantitative estimate of drug-likeness (QED) is 0.846. The van der Waals surface area contributed by atoms with Gasteiger partial charge in [0.05, 0.1) is 10.6 Å². The molecule has 1 aliphatic rings. The number of carbonyl (C=O) groups excluding carboxylic acids is 2. The molecule has 0 bridgehead atoms. The molecule has 1 aromatic rings. The number of nitrogens with zero attached hydrogens (tertiary/aromatic N) is 1. The van der Waals surface area contributed by atoms with Crippen LogP contribution in [-0.2, 0) is 4.79 Å². The van der Waals surface area contributed by atoms with Crippen LogP contribution in [0.1, 0.15) is 42.5 Å². The standard InChI is InChI=1S/C16H21ClN2O2/c1-19(10-12-5-3-2-4-6-12)16(21)14-8-7-13(18-11-20)9-15(14)17/h7-9,11-12H,2-6,10H2,1H3,(H,18,20). The number of hydrogen-bond acceptors (Lipinski definition) is 2. The maximum Gasteiger partial charge on any atom is 0.255 e. The molecule has 2 amide bonds. The van der Waals surface area contributed by atoms with Crippen molar-refractivity contribution in [2.45, 2.75) is 32.1 Å². The van der Waals surface area contributed by atoms with Crippen molar-refractivity contribution in [2.75, 3.05) is 18.9 Å². The summed E-state index contributed by atoms with van der Waals surface area (Å²) in [5, 5.41) is 2.88. The van der Waals surface area contributed by atoms with Crippen LogP contribution >= 0.6 is 11.6 Å². The zero-order valence-corrected chi connectivity index (χ0v) is 13.0. The number of anilines is 1. The Kier molecular flexibility index (Phi) is 5.62. The molecule has 1 aliphatic carbocycles. The molecule has 5 heteroatoms. The van der Waals surface area contributed by atoms with Gasteiger partial charge in [0, 0.05) is 19.3 Å². The summed E-state index contributed by atoms with van der Waals surface area (Å²) >= 11 is 6.14. The molecule has 21 heavy (non-hydrogen) atoms.